The zero-order chi connectivity index (χ0) is 14.6. The standard InChI is InChI=1S/C14H17N2O3P/c1-15-8-3-13(4-9-15)14-5-10-16(11-6-14)7-2-12-20(17,18)19/h3-6,8-11H,2,7,12H2,1H3/p+2. The minimum absolute atomic E-state index is 0.0725. The molecule has 0 aromatic carbocycles. The van der Waals surface area contributed by atoms with Gasteiger partial charge in [-0.15, -0.1) is 0 Å². The summed E-state index contributed by atoms with van der Waals surface area (Å²) in [4.78, 5) is 17.6. The summed E-state index contributed by atoms with van der Waals surface area (Å²) in [6.07, 6.45) is 8.25. The molecule has 0 bridgehead atoms. The Morgan fingerprint density at radius 1 is 1.00 bits per heavy atom. The molecule has 2 aromatic rings. The Labute approximate surface area is 118 Å². The van der Waals surface area contributed by atoms with E-state index < -0.39 is 7.60 Å². The number of hydrogen-bond acceptors (Lipinski definition) is 1. The smallest absolute Gasteiger partial charge is 0.324 e. The van der Waals surface area contributed by atoms with Crippen LogP contribution in [0.2, 0.25) is 0 Å². The van der Waals surface area contributed by atoms with E-state index in [4.69, 9.17) is 9.79 Å². The fourth-order valence-corrected chi connectivity index (χ4v) is 2.50. The highest BCUT2D eigenvalue weighted by Crippen LogP contribution is 2.34. The fourth-order valence-electron chi connectivity index (χ4n) is 1.95. The molecule has 0 aliphatic rings. The average Bonchev–Trinajstić information content (AvgIpc) is 2.39. The maximum absolute atomic E-state index is 10.8. The molecule has 2 aromatic heterocycles. The molecule has 0 fully saturated rings. The molecule has 2 heterocycles. The SMILES string of the molecule is C[n+]1ccc(-c2cc[n+](CCCP(=O)(O)O)cc2)cc1. The molecule has 0 atom stereocenters. The summed E-state index contributed by atoms with van der Waals surface area (Å²) in [6.45, 7) is 0.606. The van der Waals surface area contributed by atoms with E-state index in [1.165, 1.54) is 0 Å². The van der Waals surface area contributed by atoms with Crippen LogP contribution >= 0.6 is 7.60 Å². The topological polar surface area (TPSA) is 65.3 Å². The Hall–Kier alpha value is -1.55. The second kappa shape index (κ2) is 6.27. The van der Waals surface area contributed by atoms with Crippen LogP contribution in [0.3, 0.4) is 0 Å². The van der Waals surface area contributed by atoms with Crippen LogP contribution in [0.1, 0.15) is 6.42 Å². The lowest BCUT2D eigenvalue weighted by Gasteiger charge is -2.02. The van der Waals surface area contributed by atoms with E-state index >= 15 is 0 Å². The quantitative estimate of drug-likeness (QED) is 0.639. The van der Waals surface area contributed by atoms with Gasteiger partial charge in [-0.1, -0.05) is 0 Å². The molecule has 0 aliphatic heterocycles. The summed E-state index contributed by atoms with van der Waals surface area (Å²) >= 11 is 0. The van der Waals surface area contributed by atoms with E-state index in [9.17, 15) is 4.57 Å². The van der Waals surface area contributed by atoms with E-state index in [0.717, 1.165) is 11.1 Å². The van der Waals surface area contributed by atoms with E-state index in [1.807, 2.05) is 65.2 Å². The van der Waals surface area contributed by atoms with Gasteiger partial charge < -0.3 is 9.79 Å². The number of pyridine rings is 2. The summed E-state index contributed by atoms with van der Waals surface area (Å²) in [7, 11) is -1.90. The first kappa shape index (κ1) is 14.9. The first-order valence-corrected chi connectivity index (χ1v) is 8.23. The Bertz CT molecular complexity index is 605. The highest BCUT2D eigenvalue weighted by atomic mass is 31.2. The Kier molecular flexibility index (Phi) is 4.65. The minimum Gasteiger partial charge on any atom is -0.324 e. The average molecular weight is 294 g/mol. The normalized spacial score (nSPS) is 11.6. The van der Waals surface area contributed by atoms with Crippen molar-refractivity contribution in [2.45, 2.75) is 13.0 Å². The van der Waals surface area contributed by atoms with Gasteiger partial charge in [0.15, 0.2) is 24.8 Å². The lowest BCUT2D eigenvalue weighted by molar-refractivity contribution is -0.696. The largest absolute Gasteiger partial charge is 0.325 e. The van der Waals surface area contributed by atoms with Crippen LogP contribution in [-0.2, 0) is 18.2 Å². The third kappa shape index (κ3) is 4.53. The number of nitrogens with zero attached hydrogens (tertiary/aromatic N) is 2. The van der Waals surface area contributed by atoms with Crippen LogP contribution in [0, 0.1) is 0 Å². The van der Waals surface area contributed by atoms with Crippen molar-refractivity contribution in [1.82, 2.24) is 0 Å². The van der Waals surface area contributed by atoms with Crippen molar-refractivity contribution in [2.75, 3.05) is 6.16 Å². The first-order chi connectivity index (χ1) is 9.44. The van der Waals surface area contributed by atoms with Gasteiger partial charge in [0.05, 0.1) is 6.16 Å². The number of aromatic nitrogens is 2. The molecule has 0 amide bonds. The Morgan fingerprint density at radius 2 is 1.50 bits per heavy atom. The zero-order valence-corrected chi connectivity index (χ0v) is 12.3. The Morgan fingerprint density at radius 3 is 2.00 bits per heavy atom. The minimum atomic E-state index is -3.88. The van der Waals surface area contributed by atoms with Gasteiger partial charge in [0.2, 0.25) is 0 Å². The summed E-state index contributed by atoms with van der Waals surface area (Å²) in [5.41, 5.74) is 2.27. The van der Waals surface area contributed by atoms with Crippen LogP contribution in [0.5, 0.6) is 0 Å². The molecule has 20 heavy (non-hydrogen) atoms. The van der Waals surface area contributed by atoms with Gasteiger partial charge in [-0.2, -0.15) is 0 Å². The molecular weight excluding hydrogens is 275 g/mol. The van der Waals surface area contributed by atoms with Gasteiger partial charge in [-0.05, 0) is 11.1 Å². The molecule has 2 rings (SSSR count). The van der Waals surface area contributed by atoms with Crippen molar-refractivity contribution >= 4 is 7.60 Å². The van der Waals surface area contributed by atoms with Crippen molar-refractivity contribution in [1.29, 1.82) is 0 Å². The van der Waals surface area contributed by atoms with Crippen molar-refractivity contribution in [2.24, 2.45) is 7.05 Å². The van der Waals surface area contributed by atoms with E-state index in [2.05, 4.69) is 0 Å². The van der Waals surface area contributed by atoms with Gasteiger partial charge in [-0.3, -0.25) is 4.57 Å². The summed E-state index contributed by atoms with van der Waals surface area (Å²) in [6, 6.07) is 8.11. The molecular formula is C14H19N2O3P+2. The summed E-state index contributed by atoms with van der Waals surface area (Å²) < 4.78 is 14.7. The van der Waals surface area contributed by atoms with Gasteiger partial charge in [0.1, 0.15) is 13.6 Å². The van der Waals surface area contributed by atoms with Crippen LogP contribution in [0.4, 0.5) is 0 Å². The maximum Gasteiger partial charge on any atom is 0.325 e. The first-order valence-electron chi connectivity index (χ1n) is 6.43. The van der Waals surface area contributed by atoms with Crippen molar-refractivity contribution < 1.29 is 23.5 Å². The molecule has 6 heteroatoms. The van der Waals surface area contributed by atoms with Gasteiger partial charge in [0, 0.05) is 30.7 Å². The van der Waals surface area contributed by atoms with Gasteiger partial charge in [-0.25, -0.2) is 9.13 Å². The molecule has 0 radical (unpaired) electrons. The Balaban J connectivity index is 1.99. The zero-order valence-electron chi connectivity index (χ0n) is 11.4. The van der Waals surface area contributed by atoms with Crippen molar-refractivity contribution in [3.63, 3.8) is 0 Å². The number of rotatable bonds is 5. The van der Waals surface area contributed by atoms with Crippen LogP contribution in [-0.4, -0.2) is 15.9 Å². The number of hydrogen-bond donors (Lipinski definition) is 2. The van der Waals surface area contributed by atoms with E-state index in [0.29, 0.717) is 13.0 Å². The van der Waals surface area contributed by atoms with E-state index in [1.54, 1.807) is 0 Å². The third-order valence-corrected chi connectivity index (χ3v) is 3.97. The molecule has 0 aliphatic carbocycles. The lowest BCUT2D eigenvalue weighted by Crippen LogP contribution is -2.32. The van der Waals surface area contributed by atoms with Crippen LogP contribution in [0.25, 0.3) is 11.1 Å². The molecule has 2 N–H and O–H groups in total. The number of aryl methyl sites for hydroxylation is 2. The summed E-state index contributed by atoms with van der Waals surface area (Å²) in [5, 5.41) is 0. The van der Waals surface area contributed by atoms with Gasteiger partial charge in [0.25, 0.3) is 0 Å². The van der Waals surface area contributed by atoms with Crippen molar-refractivity contribution in [3.05, 3.63) is 49.1 Å². The third-order valence-electron chi connectivity index (χ3n) is 3.07. The molecule has 0 spiro atoms. The van der Waals surface area contributed by atoms with E-state index in [-0.39, 0.29) is 6.16 Å². The second-order valence-corrected chi connectivity index (χ2v) is 6.60. The predicted octanol–water partition coefficient (Wildman–Crippen LogP) is 1.03. The molecule has 106 valence electrons. The maximum atomic E-state index is 10.8. The predicted molar refractivity (Wildman–Crippen MR) is 74.8 cm³/mol. The molecule has 0 unspecified atom stereocenters. The van der Waals surface area contributed by atoms with Gasteiger partial charge >= 0.3 is 7.60 Å². The lowest BCUT2D eigenvalue weighted by atomic mass is 10.1. The molecule has 0 saturated carbocycles. The molecule has 5 nitrogen and oxygen atoms in total. The fraction of sp³-hybridized carbons (Fsp3) is 0.286. The second-order valence-electron chi connectivity index (χ2n) is 4.82. The highest BCUT2D eigenvalue weighted by Gasteiger charge is 2.13. The van der Waals surface area contributed by atoms with Crippen molar-refractivity contribution in [3.8, 4) is 11.1 Å². The molecule has 0 saturated heterocycles. The van der Waals surface area contributed by atoms with Crippen LogP contribution in [0.15, 0.2) is 49.1 Å². The highest BCUT2D eigenvalue weighted by molar-refractivity contribution is 7.51. The summed E-state index contributed by atoms with van der Waals surface area (Å²) in [5.74, 6) is 0. The monoisotopic (exact) mass is 294 g/mol. The van der Waals surface area contributed by atoms with Crippen LogP contribution < -0.4 is 9.13 Å².